The molecule has 0 fully saturated rings. The summed E-state index contributed by atoms with van der Waals surface area (Å²) in [5.41, 5.74) is 1.27. The van der Waals surface area contributed by atoms with Gasteiger partial charge in [-0.2, -0.15) is 0 Å². The normalized spacial score (nSPS) is 10.0. The fraction of sp³-hybridized carbons (Fsp3) is 0.200. The van der Waals surface area contributed by atoms with Gasteiger partial charge in [0.25, 0.3) is 0 Å². The van der Waals surface area contributed by atoms with Gasteiger partial charge in [-0.15, -0.1) is 24.8 Å². The van der Waals surface area contributed by atoms with Gasteiger partial charge >= 0.3 is 0 Å². The summed E-state index contributed by atoms with van der Waals surface area (Å²) < 4.78 is 17.6. The van der Waals surface area contributed by atoms with E-state index >= 15 is 0 Å². The number of nitrogens with zero attached hydrogens (tertiary/aromatic N) is 4. The summed E-state index contributed by atoms with van der Waals surface area (Å²) in [7, 11) is 0. The number of aromatic nitrogens is 4. The van der Waals surface area contributed by atoms with E-state index < -0.39 is 0 Å². The molecule has 124 valence electrons. The van der Waals surface area contributed by atoms with Crippen LogP contribution in [-0.2, 0) is 13.0 Å². The van der Waals surface area contributed by atoms with E-state index in [1.54, 1.807) is 29.2 Å². The van der Waals surface area contributed by atoms with Gasteiger partial charge in [0, 0.05) is 30.0 Å². The van der Waals surface area contributed by atoms with Crippen LogP contribution in [0.25, 0.3) is 5.69 Å². The molecule has 0 aliphatic carbocycles. The minimum atomic E-state index is -0.372. The van der Waals surface area contributed by atoms with E-state index in [1.807, 2.05) is 17.0 Å². The van der Waals surface area contributed by atoms with E-state index in [-0.39, 0.29) is 30.6 Å². The number of benzene rings is 1. The Morgan fingerprint density at radius 3 is 2.70 bits per heavy atom. The first kappa shape index (κ1) is 19.5. The second-order valence-corrected chi connectivity index (χ2v) is 5.13. The van der Waals surface area contributed by atoms with Gasteiger partial charge in [-0.1, -0.05) is 18.5 Å². The molecule has 0 aliphatic heterocycles. The van der Waals surface area contributed by atoms with E-state index in [9.17, 15) is 4.39 Å². The van der Waals surface area contributed by atoms with Crippen LogP contribution in [0.15, 0.2) is 43.1 Å². The van der Waals surface area contributed by atoms with Crippen LogP contribution in [0.5, 0.6) is 0 Å². The third-order valence-electron chi connectivity index (χ3n) is 3.27. The van der Waals surface area contributed by atoms with Gasteiger partial charge in [-0.25, -0.2) is 14.4 Å². The highest BCUT2D eigenvalue weighted by atomic mass is 35.5. The monoisotopic (exact) mass is 376 g/mol. The molecule has 3 aromatic rings. The van der Waals surface area contributed by atoms with Crippen molar-refractivity contribution in [2.45, 2.75) is 19.9 Å². The van der Waals surface area contributed by atoms with Crippen molar-refractivity contribution in [2.24, 2.45) is 0 Å². The lowest BCUT2D eigenvalue weighted by Gasteiger charge is -2.05. The lowest BCUT2D eigenvalue weighted by atomic mass is 10.3. The smallest absolute Gasteiger partial charge is 0.148 e. The van der Waals surface area contributed by atoms with Gasteiger partial charge in [0.15, 0.2) is 0 Å². The van der Waals surface area contributed by atoms with Gasteiger partial charge in [0.2, 0.25) is 0 Å². The highest BCUT2D eigenvalue weighted by Gasteiger charge is 2.08. The number of aryl methyl sites for hydroxylation is 1. The summed E-state index contributed by atoms with van der Waals surface area (Å²) in [4.78, 5) is 8.59. The van der Waals surface area contributed by atoms with Crippen LogP contribution >= 0.6 is 36.4 Å². The van der Waals surface area contributed by atoms with Gasteiger partial charge in [-0.3, -0.25) is 0 Å². The van der Waals surface area contributed by atoms with Crippen molar-refractivity contribution in [1.82, 2.24) is 19.1 Å². The molecule has 0 atom stereocenters. The third kappa shape index (κ3) is 4.25. The Hall–Kier alpha value is -1.56. The molecule has 0 unspecified atom stereocenters. The maximum absolute atomic E-state index is 13.9. The summed E-state index contributed by atoms with van der Waals surface area (Å²) in [6.07, 6.45) is 7.96. The van der Waals surface area contributed by atoms with Gasteiger partial charge in [0.05, 0.1) is 24.3 Å². The lowest BCUT2D eigenvalue weighted by molar-refractivity contribution is 0.618. The maximum atomic E-state index is 13.9. The molecule has 23 heavy (non-hydrogen) atoms. The molecule has 0 saturated carbocycles. The standard InChI is InChI=1S/C15H14ClFN4.2ClH/c1-2-15-18-5-6-20(15)8-12-9-21(10-19-12)14-4-3-11(16)7-13(14)17;;/h3-7,9-10H,2,8H2,1H3;2*1H. The summed E-state index contributed by atoms with van der Waals surface area (Å²) in [5, 5.41) is 0.377. The molecule has 0 N–H and O–H groups in total. The molecule has 4 nitrogen and oxygen atoms in total. The molecule has 3 rings (SSSR count). The van der Waals surface area contributed by atoms with E-state index in [4.69, 9.17) is 11.6 Å². The second-order valence-electron chi connectivity index (χ2n) is 4.69. The molecule has 0 bridgehead atoms. The number of imidazole rings is 2. The first-order chi connectivity index (χ1) is 10.2. The second kappa shape index (κ2) is 8.34. The Labute approximate surface area is 151 Å². The molecule has 0 saturated heterocycles. The number of halogens is 4. The van der Waals surface area contributed by atoms with Crippen LogP contribution in [0.3, 0.4) is 0 Å². The van der Waals surface area contributed by atoms with Crippen LogP contribution in [0, 0.1) is 5.82 Å². The quantitative estimate of drug-likeness (QED) is 0.679. The molecule has 2 heterocycles. The van der Waals surface area contributed by atoms with E-state index in [1.165, 1.54) is 6.07 Å². The van der Waals surface area contributed by atoms with Crippen LogP contribution in [0.2, 0.25) is 5.02 Å². The average Bonchev–Trinajstić information content (AvgIpc) is 3.08. The Balaban J connectivity index is 0.00000132. The first-order valence-corrected chi connectivity index (χ1v) is 7.03. The van der Waals surface area contributed by atoms with Gasteiger partial charge in [-0.05, 0) is 18.2 Å². The van der Waals surface area contributed by atoms with Gasteiger partial charge < -0.3 is 9.13 Å². The van der Waals surface area contributed by atoms with Crippen molar-refractivity contribution in [1.29, 1.82) is 0 Å². The van der Waals surface area contributed by atoms with Crippen molar-refractivity contribution < 1.29 is 4.39 Å². The molecule has 1 aromatic carbocycles. The topological polar surface area (TPSA) is 35.6 Å². The number of hydrogen-bond acceptors (Lipinski definition) is 2. The van der Waals surface area contributed by atoms with E-state index in [0.717, 1.165) is 17.9 Å². The molecule has 8 heteroatoms. The zero-order chi connectivity index (χ0) is 14.8. The molecular weight excluding hydrogens is 362 g/mol. The van der Waals surface area contributed by atoms with E-state index in [0.29, 0.717) is 17.3 Å². The Kier molecular flexibility index (Phi) is 7.06. The fourth-order valence-electron chi connectivity index (χ4n) is 2.24. The lowest BCUT2D eigenvalue weighted by Crippen LogP contribution is -2.03. The highest BCUT2D eigenvalue weighted by molar-refractivity contribution is 6.30. The number of hydrogen-bond donors (Lipinski definition) is 0. The highest BCUT2D eigenvalue weighted by Crippen LogP contribution is 2.18. The Morgan fingerprint density at radius 2 is 2.00 bits per heavy atom. The predicted molar refractivity (Wildman–Crippen MR) is 93.7 cm³/mol. The zero-order valence-corrected chi connectivity index (χ0v) is 14.7. The zero-order valence-electron chi connectivity index (χ0n) is 12.3. The first-order valence-electron chi connectivity index (χ1n) is 6.65. The Bertz CT molecular complexity index is 770. The van der Waals surface area contributed by atoms with Crippen LogP contribution in [0.1, 0.15) is 18.4 Å². The Morgan fingerprint density at radius 1 is 1.22 bits per heavy atom. The molecular formula is C15H16Cl3FN4. The molecule has 0 radical (unpaired) electrons. The summed E-state index contributed by atoms with van der Waals surface area (Å²) in [6, 6.07) is 4.59. The molecule has 0 aliphatic rings. The van der Waals surface area contributed by atoms with Crippen molar-refractivity contribution >= 4 is 36.4 Å². The van der Waals surface area contributed by atoms with Crippen LogP contribution in [0.4, 0.5) is 4.39 Å². The largest absolute Gasteiger partial charge is 0.329 e. The maximum Gasteiger partial charge on any atom is 0.148 e. The fourth-order valence-corrected chi connectivity index (χ4v) is 2.40. The third-order valence-corrected chi connectivity index (χ3v) is 3.51. The predicted octanol–water partition coefficient (Wildman–Crippen LogP) is 4.32. The number of rotatable bonds is 4. The van der Waals surface area contributed by atoms with E-state index in [2.05, 4.69) is 16.9 Å². The van der Waals surface area contributed by atoms with Crippen LogP contribution < -0.4 is 0 Å². The minimum absolute atomic E-state index is 0. The van der Waals surface area contributed by atoms with Crippen molar-refractivity contribution in [3.8, 4) is 5.69 Å². The van der Waals surface area contributed by atoms with Crippen molar-refractivity contribution in [3.05, 3.63) is 65.5 Å². The average molecular weight is 378 g/mol. The summed E-state index contributed by atoms with van der Waals surface area (Å²) in [6.45, 7) is 2.67. The summed E-state index contributed by atoms with van der Waals surface area (Å²) in [5.74, 6) is 0.630. The van der Waals surface area contributed by atoms with Crippen molar-refractivity contribution in [2.75, 3.05) is 0 Å². The summed E-state index contributed by atoms with van der Waals surface area (Å²) >= 11 is 5.76. The van der Waals surface area contributed by atoms with Gasteiger partial charge in [0.1, 0.15) is 11.6 Å². The SMILES string of the molecule is CCc1nccn1Cc1cn(-c2ccc(Cl)cc2F)cn1.Cl.Cl. The minimum Gasteiger partial charge on any atom is -0.329 e. The van der Waals surface area contributed by atoms with Crippen LogP contribution in [-0.4, -0.2) is 19.1 Å². The molecule has 2 aromatic heterocycles. The van der Waals surface area contributed by atoms with Crippen molar-refractivity contribution in [3.63, 3.8) is 0 Å². The molecule has 0 amide bonds. The molecule has 0 spiro atoms.